The maximum absolute atomic E-state index is 5.60. The Labute approximate surface area is 128 Å². The second kappa shape index (κ2) is 5.15. The zero-order valence-electron chi connectivity index (χ0n) is 11.4. The third-order valence-electron chi connectivity index (χ3n) is 3.00. The highest BCUT2D eigenvalue weighted by molar-refractivity contribution is 7.13. The third kappa shape index (κ3) is 2.19. The van der Waals surface area contributed by atoms with E-state index in [2.05, 4.69) is 25.3 Å². The summed E-state index contributed by atoms with van der Waals surface area (Å²) in [4.78, 5) is 9.28. The average molecular weight is 311 g/mol. The lowest BCUT2D eigenvalue weighted by Gasteiger charge is -1.91. The molecular weight excluding hydrogens is 302 g/mol. The van der Waals surface area contributed by atoms with Crippen LogP contribution >= 0.6 is 11.3 Å². The molecule has 0 aliphatic rings. The molecule has 0 N–H and O–H groups in total. The van der Waals surface area contributed by atoms with Crippen molar-refractivity contribution >= 4 is 11.3 Å². The maximum atomic E-state index is 5.60. The summed E-state index contributed by atoms with van der Waals surface area (Å²) in [5.41, 5.74) is 3.41. The molecule has 0 fully saturated rings. The van der Waals surface area contributed by atoms with E-state index in [0.717, 1.165) is 16.1 Å². The molecule has 1 aromatic carbocycles. The normalized spacial score (nSPS) is 11.0. The summed E-state index contributed by atoms with van der Waals surface area (Å²) >= 11 is 1.44. The van der Waals surface area contributed by atoms with E-state index in [-0.39, 0.29) is 11.7 Å². The molecule has 0 aliphatic heterocycles. The van der Waals surface area contributed by atoms with Crippen LogP contribution in [-0.4, -0.2) is 25.3 Å². The van der Waals surface area contributed by atoms with E-state index in [4.69, 9.17) is 8.94 Å². The van der Waals surface area contributed by atoms with E-state index >= 15 is 0 Å². The summed E-state index contributed by atoms with van der Waals surface area (Å²) in [5.74, 6) is 1.29. The maximum Gasteiger partial charge on any atom is 0.289 e. The van der Waals surface area contributed by atoms with Crippen molar-refractivity contribution in [3.05, 3.63) is 41.5 Å². The zero-order chi connectivity index (χ0) is 14.9. The topological polar surface area (TPSA) is 90.7 Å². The molecule has 0 spiro atoms. The van der Waals surface area contributed by atoms with Gasteiger partial charge in [-0.05, 0) is 19.1 Å². The monoisotopic (exact) mass is 311 g/mol. The molecule has 0 amide bonds. The molecule has 0 radical (unpaired) electrons. The van der Waals surface area contributed by atoms with Crippen LogP contribution in [0.4, 0.5) is 0 Å². The Bertz CT molecular complexity index is 912. The summed E-state index contributed by atoms with van der Waals surface area (Å²) in [7, 11) is 0. The van der Waals surface area contributed by atoms with Crippen molar-refractivity contribution in [3.63, 3.8) is 0 Å². The Morgan fingerprint density at radius 1 is 1.00 bits per heavy atom. The van der Waals surface area contributed by atoms with Gasteiger partial charge in [-0.15, -0.1) is 21.5 Å². The average Bonchev–Trinajstić information content (AvgIpc) is 3.27. The van der Waals surface area contributed by atoms with Crippen molar-refractivity contribution in [2.75, 3.05) is 0 Å². The third-order valence-corrected chi connectivity index (χ3v) is 3.92. The van der Waals surface area contributed by atoms with Gasteiger partial charge in [-0.2, -0.15) is 4.98 Å². The van der Waals surface area contributed by atoms with Gasteiger partial charge in [0.25, 0.3) is 17.6 Å². The molecule has 0 aliphatic carbocycles. The number of aromatic nitrogens is 5. The molecule has 4 rings (SSSR count). The number of hydrogen-bond donors (Lipinski definition) is 0. The summed E-state index contributed by atoms with van der Waals surface area (Å²) in [6, 6.07) is 9.50. The molecule has 108 valence electrons. The molecule has 0 saturated heterocycles. The minimum Gasteiger partial charge on any atom is -0.413 e. The first kappa shape index (κ1) is 12.8. The van der Waals surface area contributed by atoms with E-state index in [1.54, 1.807) is 5.51 Å². The van der Waals surface area contributed by atoms with Gasteiger partial charge in [0.05, 0.1) is 11.2 Å². The van der Waals surface area contributed by atoms with Gasteiger partial charge < -0.3 is 8.94 Å². The molecule has 7 nitrogen and oxygen atoms in total. The number of hydrogen-bond acceptors (Lipinski definition) is 8. The predicted molar refractivity (Wildman–Crippen MR) is 78.9 cm³/mol. The lowest BCUT2D eigenvalue weighted by molar-refractivity contribution is 0.430. The molecule has 3 heterocycles. The fourth-order valence-corrected chi connectivity index (χ4v) is 2.64. The molecule has 4 aromatic rings. The van der Waals surface area contributed by atoms with Crippen LogP contribution in [0.3, 0.4) is 0 Å². The minimum absolute atomic E-state index is 0.219. The Kier molecular flexibility index (Phi) is 3.01. The molecule has 8 heteroatoms. The van der Waals surface area contributed by atoms with Crippen LogP contribution in [0.1, 0.15) is 5.69 Å². The quantitative estimate of drug-likeness (QED) is 0.573. The van der Waals surface area contributed by atoms with Gasteiger partial charge in [-0.1, -0.05) is 23.4 Å². The molecule has 0 atom stereocenters. The molecular formula is C14H9N5O2S. The van der Waals surface area contributed by atoms with E-state index in [9.17, 15) is 0 Å². The number of thiazole rings is 1. The first-order valence-electron chi connectivity index (χ1n) is 6.45. The van der Waals surface area contributed by atoms with Crippen molar-refractivity contribution in [1.29, 1.82) is 0 Å². The largest absolute Gasteiger partial charge is 0.413 e. The summed E-state index contributed by atoms with van der Waals surface area (Å²) in [6.07, 6.45) is 0. The lowest BCUT2D eigenvalue weighted by Crippen LogP contribution is -1.81. The summed E-state index contributed by atoms with van der Waals surface area (Å²) in [6.45, 7) is 1.88. The van der Waals surface area contributed by atoms with E-state index in [0.29, 0.717) is 11.8 Å². The first-order valence-corrected chi connectivity index (χ1v) is 7.32. The molecule has 3 aromatic heterocycles. The molecule has 0 unspecified atom stereocenters. The summed E-state index contributed by atoms with van der Waals surface area (Å²) < 4.78 is 10.8. The molecule has 0 saturated carbocycles. The van der Waals surface area contributed by atoms with Crippen molar-refractivity contribution in [3.8, 4) is 33.9 Å². The van der Waals surface area contributed by atoms with Crippen LogP contribution in [0.5, 0.6) is 0 Å². The Balaban J connectivity index is 1.68. The van der Waals surface area contributed by atoms with Gasteiger partial charge in [0.1, 0.15) is 4.88 Å². The number of benzene rings is 1. The van der Waals surface area contributed by atoms with E-state index in [1.165, 1.54) is 11.3 Å². The number of rotatable bonds is 3. The Morgan fingerprint density at radius 2 is 1.82 bits per heavy atom. The zero-order valence-corrected chi connectivity index (χ0v) is 12.2. The molecule has 0 bridgehead atoms. The minimum atomic E-state index is 0.219. The van der Waals surface area contributed by atoms with Gasteiger partial charge in [0, 0.05) is 5.56 Å². The van der Waals surface area contributed by atoms with Crippen LogP contribution < -0.4 is 0 Å². The van der Waals surface area contributed by atoms with Crippen LogP contribution in [0.25, 0.3) is 33.9 Å². The first-order chi connectivity index (χ1) is 10.8. The van der Waals surface area contributed by atoms with Crippen LogP contribution in [0, 0.1) is 6.92 Å². The van der Waals surface area contributed by atoms with Gasteiger partial charge in [0.2, 0.25) is 5.89 Å². The number of aryl methyl sites for hydroxylation is 1. The summed E-state index contributed by atoms with van der Waals surface area (Å²) in [5, 5.41) is 11.9. The fraction of sp³-hybridized carbons (Fsp3) is 0.0714. The second-order valence-corrected chi connectivity index (χ2v) is 5.32. The van der Waals surface area contributed by atoms with Gasteiger partial charge in [-0.25, -0.2) is 4.98 Å². The van der Waals surface area contributed by atoms with Crippen molar-refractivity contribution < 1.29 is 8.94 Å². The standard InChI is InChI=1S/C14H9N5O2S/c1-8-10(22-7-15-8)13-16-11(19-21-13)14-18-17-12(20-14)9-5-3-2-4-6-9/h2-7H,1H3. The van der Waals surface area contributed by atoms with Crippen molar-refractivity contribution in [2.45, 2.75) is 6.92 Å². The molecule has 22 heavy (non-hydrogen) atoms. The Morgan fingerprint density at radius 3 is 2.59 bits per heavy atom. The van der Waals surface area contributed by atoms with Crippen LogP contribution in [0.15, 0.2) is 44.8 Å². The van der Waals surface area contributed by atoms with E-state index < -0.39 is 0 Å². The van der Waals surface area contributed by atoms with E-state index in [1.807, 2.05) is 37.3 Å². The van der Waals surface area contributed by atoms with Crippen LogP contribution in [0.2, 0.25) is 0 Å². The van der Waals surface area contributed by atoms with Gasteiger partial charge in [-0.3, -0.25) is 0 Å². The Hall–Kier alpha value is -2.87. The van der Waals surface area contributed by atoms with Gasteiger partial charge in [0.15, 0.2) is 0 Å². The predicted octanol–water partition coefficient (Wildman–Crippen LogP) is 3.22. The fourth-order valence-electron chi connectivity index (χ4n) is 1.92. The van der Waals surface area contributed by atoms with Gasteiger partial charge >= 0.3 is 0 Å². The highest BCUT2D eigenvalue weighted by Crippen LogP contribution is 2.28. The number of nitrogens with zero attached hydrogens (tertiary/aromatic N) is 5. The van der Waals surface area contributed by atoms with Crippen LogP contribution in [-0.2, 0) is 0 Å². The lowest BCUT2D eigenvalue weighted by atomic mass is 10.2. The van der Waals surface area contributed by atoms with Crippen molar-refractivity contribution in [2.24, 2.45) is 0 Å². The SMILES string of the molecule is Cc1ncsc1-c1nc(-c2nnc(-c3ccccc3)o2)no1. The van der Waals surface area contributed by atoms with Crippen molar-refractivity contribution in [1.82, 2.24) is 25.3 Å². The highest BCUT2D eigenvalue weighted by atomic mass is 32.1. The highest BCUT2D eigenvalue weighted by Gasteiger charge is 2.19. The second-order valence-electron chi connectivity index (χ2n) is 4.47. The smallest absolute Gasteiger partial charge is 0.289 e.